The summed E-state index contributed by atoms with van der Waals surface area (Å²) in [7, 11) is -4.57. The number of aliphatic hydroxyl groups is 2. The number of phosphoric ester groups is 1. The number of hydrogen-bond donors (Lipinski definition) is 4. The Morgan fingerprint density at radius 1 is 1.27 bits per heavy atom. The van der Waals surface area contributed by atoms with Gasteiger partial charge < -0.3 is 20.0 Å². The molecule has 0 fully saturated rings. The second kappa shape index (κ2) is 6.54. The maximum absolute atomic E-state index is 10.0. The molecule has 64 valence electrons. The van der Waals surface area contributed by atoms with E-state index in [9.17, 15) is 4.57 Å². The molecule has 0 saturated carbocycles. The van der Waals surface area contributed by atoms with Crippen LogP contribution in [0.4, 0.5) is 0 Å². The standard InChI is InChI=1S/C3H9O6P.Na.H/c4-1-3(2-5)9-10(6,7)8;;/h3-5H,1-2H2,(H2,6,7,8);;. The monoisotopic (exact) mass is 196 g/mol. The fourth-order valence-corrected chi connectivity index (χ4v) is 0.840. The molecule has 0 bridgehead atoms. The molecule has 0 unspecified atom stereocenters. The zero-order valence-corrected chi connectivity index (χ0v) is 5.94. The van der Waals surface area contributed by atoms with Crippen LogP contribution in [0, 0.1) is 0 Å². The van der Waals surface area contributed by atoms with E-state index >= 15 is 0 Å². The van der Waals surface area contributed by atoms with Gasteiger partial charge in [-0.3, -0.25) is 4.52 Å². The molecule has 0 spiro atoms. The van der Waals surface area contributed by atoms with E-state index < -0.39 is 27.1 Å². The summed E-state index contributed by atoms with van der Waals surface area (Å²) in [5, 5.41) is 16.5. The molecule has 0 aromatic carbocycles. The van der Waals surface area contributed by atoms with Crippen LogP contribution >= 0.6 is 7.82 Å². The Bertz CT molecular complexity index is 130. The molecule has 4 N–H and O–H groups in total. The van der Waals surface area contributed by atoms with Crippen LogP contribution < -0.4 is 0 Å². The summed E-state index contributed by atoms with van der Waals surface area (Å²) in [6, 6.07) is 0. The summed E-state index contributed by atoms with van der Waals surface area (Å²) in [5.41, 5.74) is 0. The summed E-state index contributed by atoms with van der Waals surface area (Å²) < 4.78 is 13.9. The first kappa shape index (κ1) is 14.5. The van der Waals surface area contributed by atoms with E-state index in [0.29, 0.717) is 0 Å². The minimum absolute atomic E-state index is 0. The second-order valence-electron chi connectivity index (χ2n) is 1.58. The summed E-state index contributed by atoms with van der Waals surface area (Å²) >= 11 is 0. The molecular weight excluding hydrogens is 186 g/mol. The molecule has 0 heterocycles. The molecule has 6 nitrogen and oxygen atoms in total. The fourth-order valence-electron chi connectivity index (χ4n) is 0.319. The molecule has 0 radical (unpaired) electrons. The van der Waals surface area contributed by atoms with Gasteiger partial charge in [0.25, 0.3) is 0 Å². The topological polar surface area (TPSA) is 107 Å². The molecule has 11 heavy (non-hydrogen) atoms. The maximum atomic E-state index is 10.0. The van der Waals surface area contributed by atoms with Crippen molar-refractivity contribution in [2.24, 2.45) is 0 Å². The molecule has 0 saturated heterocycles. The molecule has 0 amide bonds. The first-order valence-electron chi connectivity index (χ1n) is 2.45. The van der Waals surface area contributed by atoms with E-state index in [1.807, 2.05) is 0 Å². The zero-order valence-electron chi connectivity index (χ0n) is 5.04. The quantitative estimate of drug-likeness (QED) is 0.300. The van der Waals surface area contributed by atoms with Crippen molar-refractivity contribution in [2.75, 3.05) is 13.2 Å². The molecular formula is C3H10NaO6P. The van der Waals surface area contributed by atoms with Crippen molar-refractivity contribution >= 4 is 37.4 Å². The van der Waals surface area contributed by atoms with Crippen molar-refractivity contribution in [3.8, 4) is 0 Å². The van der Waals surface area contributed by atoms with Gasteiger partial charge in [0.05, 0.1) is 13.2 Å². The van der Waals surface area contributed by atoms with Gasteiger partial charge in [-0.15, -0.1) is 0 Å². The average Bonchev–Trinajstić information content (AvgIpc) is 1.81. The third-order valence-corrected chi connectivity index (χ3v) is 1.27. The van der Waals surface area contributed by atoms with Crippen LogP contribution in [0.15, 0.2) is 0 Å². The predicted octanol–water partition coefficient (Wildman–Crippen LogP) is -2.20. The van der Waals surface area contributed by atoms with Gasteiger partial charge in [0.2, 0.25) is 0 Å². The molecule has 8 heteroatoms. The molecule has 0 aliphatic heterocycles. The zero-order chi connectivity index (χ0) is 8.20. The van der Waals surface area contributed by atoms with Crippen LogP contribution in [-0.4, -0.2) is 68.9 Å². The molecule has 0 rings (SSSR count). The molecule has 0 atom stereocenters. The van der Waals surface area contributed by atoms with Gasteiger partial charge in [-0.1, -0.05) is 0 Å². The van der Waals surface area contributed by atoms with Crippen LogP contribution in [0.25, 0.3) is 0 Å². The molecule has 0 aromatic rings. The fraction of sp³-hybridized carbons (Fsp3) is 1.00. The average molecular weight is 196 g/mol. The number of hydrogen-bond acceptors (Lipinski definition) is 4. The molecule has 0 aliphatic carbocycles. The third-order valence-electron chi connectivity index (χ3n) is 0.694. The normalized spacial score (nSPS) is 11.4. The Morgan fingerprint density at radius 3 is 1.73 bits per heavy atom. The van der Waals surface area contributed by atoms with Gasteiger partial charge >= 0.3 is 37.4 Å². The van der Waals surface area contributed by atoms with Crippen LogP contribution in [0.3, 0.4) is 0 Å². The number of phosphoric acid groups is 1. The Morgan fingerprint density at radius 2 is 1.64 bits per heavy atom. The van der Waals surface area contributed by atoms with Crippen molar-refractivity contribution in [2.45, 2.75) is 6.10 Å². The molecule has 0 aliphatic rings. The van der Waals surface area contributed by atoms with Gasteiger partial charge in [-0.25, -0.2) is 4.57 Å². The summed E-state index contributed by atoms with van der Waals surface area (Å²) in [6.07, 6.45) is -1.21. The van der Waals surface area contributed by atoms with E-state index in [-0.39, 0.29) is 29.6 Å². The Kier molecular flexibility index (Phi) is 8.64. The van der Waals surface area contributed by atoms with E-state index in [2.05, 4.69) is 4.52 Å². The van der Waals surface area contributed by atoms with Gasteiger partial charge in [-0.05, 0) is 0 Å². The van der Waals surface area contributed by atoms with Gasteiger partial charge in [-0.2, -0.15) is 0 Å². The van der Waals surface area contributed by atoms with Crippen LogP contribution in [0.2, 0.25) is 0 Å². The summed E-state index contributed by atoms with van der Waals surface area (Å²) in [5.74, 6) is 0. The third kappa shape index (κ3) is 8.94. The van der Waals surface area contributed by atoms with E-state index in [1.165, 1.54) is 0 Å². The minimum atomic E-state index is -4.57. The molecule has 0 aromatic heterocycles. The SMILES string of the molecule is O=P(O)(O)OC(CO)CO.[NaH]. The first-order valence-corrected chi connectivity index (χ1v) is 3.98. The van der Waals surface area contributed by atoms with Crippen molar-refractivity contribution in [3.05, 3.63) is 0 Å². The predicted molar refractivity (Wildman–Crippen MR) is 38.2 cm³/mol. The van der Waals surface area contributed by atoms with Crippen LogP contribution in [0.1, 0.15) is 0 Å². The Hall–Kier alpha value is 1.03. The number of aliphatic hydroxyl groups excluding tert-OH is 2. The first-order chi connectivity index (χ1) is 4.49. The van der Waals surface area contributed by atoms with Crippen molar-refractivity contribution in [1.82, 2.24) is 0 Å². The Labute approximate surface area is 85.7 Å². The van der Waals surface area contributed by atoms with Crippen molar-refractivity contribution in [1.29, 1.82) is 0 Å². The van der Waals surface area contributed by atoms with E-state index in [1.54, 1.807) is 0 Å². The van der Waals surface area contributed by atoms with Gasteiger partial charge in [0.1, 0.15) is 6.10 Å². The van der Waals surface area contributed by atoms with Crippen molar-refractivity contribution in [3.63, 3.8) is 0 Å². The number of rotatable bonds is 4. The van der Waals surface area contributed by atoms with Gasteiger partial charge in [0.15, 0.2) is 0 Å². The van der Waals surface area contributed by atoms with E-state index in [0.717, 1.165) is 0 Å². The summed E-state index contributed by atoms with van der Waals surface area (Å²) in [6.45, 7) is -1.25. The second-order valence-corrected chi connectivity index (χ2v) is 2.78. The summed E-state index contributed by atoms with van der Waals surface area (Å²) in [4.78, 5) is 16.2. The van der Waals surface area contributed by atoms with Gasteiger partial charge in [0, 0.05) is 0 Å². The van der Waals surface area contributed by atoms with E-state index in [4.69, 9.17) is 20.0 Å². The van der Waals surface area contributed by atoms with Crippen molar-refractivity contribution < 1.29 is 29.1 Å². The Balaban J connectivity index is 0. The van der Waals surface area contributed by atoms with Crippen LogP contribution in [0.5, 0.6) is 0 Å². The van der Waals surface area contributed by atoms with Crippen LogP contribution in [-0.2, 0) is 9.09 Å².